The first kappa shape index (κ1) is 16.9. The number of nitrogens with one attached hydrogen (secondary N) is 1. The number of hydrogen-bond acceptors (Lipinski definition) is 3. The molecule has 1 saturated carbocycles. The third-order valence-corrected chi connectivity index (χ3v) is 4.96. The summed E-state index contributed by atoms with van der Waals surface area (Å²) < 4.78 is 41.1. The lowest BCUT2D eigenvalue weighted by molar-refractivity contribution is -0.274. The lowest BCUT2D eigenvalue weighted by Crippen LogP contribution is -2.47. The van der Waals surface area contributed by atoms with Crippen molar-refractivity contribution in [2.45, 2.75) is 31.7 Å². The summed E-state index contributed by atoms with van der Waals surface area (Å²) in [6, 6.07) is 4.91. The summed E-state index contributed by atoms with van der Waals surface area (Å²) in [6.07, 6.45) is -1.19. The standard InChI is InChI=1S/C16H20ClF3N2O/c17-13-10-12(4-5-14(13)23-16(18,19)20)15(11-2-1-3-11)22-8-6-21-7-9-22/h4-5,10-11,15,21H,1-3,6-9H2/t15-/m1/s1. The molecule has 1 aliphatic heterocycles. The van der Waals surface area contributed by atoms with Crippen molar-refractivity contribution in [3.8, 4) is 5.75 Å². The molecule has 3 nitrogen and oxygen atoms in total. The van der Waals surface area contributed by atoms with Crippen LogP contribution in [0.1, 0.15) is 30.9 Å². The molecule has 1 atom stereocenters. The van der Waals surface area contributed by atoms with E-state index in [9.17, 15) is 13.2 Å². The second-order valence-corrected chi connectivity index (χ2v) is 6.57. The van der Waals surface area contributed by atoms with E-state index in [1.54, 1.807) is 12.1 Å². The Labute approximate surface area is 138 Å². The van der Waals surface area contributed by atoms with Gasteiger partial charge in [-0.3, -0.25) is 4.90 Å². The molecule has 0 unspecified atom stereocenters. The second kappa shape index (κ2) is 6.87. The number of halogens is 4. The van der Waals surface area contributed by atoms with Crippen LogP contribution in [-0.4, -0.2) is 37.4 Å². The highest BCUT2D eigenvalue weighted by molar-refractivity contribution is 6.32. The first-order valence-corrected chi connectivity index (χ1v) is 8.32. The van der Waals surface area contributed by atoms with Crippen molar-refractivity contribution in [3.63, 3.8) is 0 Å². The molecule has 0 spiro atoms. The van der Waals surface area contributed by atoms with E-state index >= 15 is 0 Å². The van der Waals surface area contributed by atoms with Crippen LogP contribution in [0.3, 0.4) is 0 Å². The minimum absolute atomic E-state index is 0.0132. The van der Waals surface area contributed by atoms with Crippen LogP contribution in [0.4, 0.5) is 13.2 Å². The number of piperazine rings is 1. The minimum atomic E-state index is -4.73. The minimum Gasteiger partial charge on any atom is -0.404 e. The quantitative estimate of drug-likeness (QED) is 0.890. The Kier molecular flexibility index (Phi) is 5.04. The van der Waals surface area contributed by atoms with Crippen LogP contribution < -0.4 is 10.1 Å². The van der Waals surface area contributed by atoms with Gasteiger partial charge in [0.25, 0.3) is 0 Å². The molecule has 0 radical (unpaired) electrons. The van der Waals surface area contributed by atoms with Crippen LogP contribution in [0.5, 0.6) is 5.75 Å². The summed E-state index contributed by atoms with van der Waals surface area (Å²) in [7, 11) is 0. The third kappa shape index (κ3) is 4.11. The molecule has 1 aromatic rings. The van der Waals surface area contributed by atoms with Gasteiger partial charge >= 0.3 is 6.36 Å². The Morgan fingerprint density at radius 1 is 1.22 bits per heavy atom. The molecule has 7 heteroatoms. The smallest absolute Gasteiger partial charge is 0.404 e. The fraction of sp³-hybridized carbons (Fsp3) is 0.625. The monoisotopic (exact) mass is 348 g/mol. The first-order valence-electron chi connectivity index (χ1n) is 7.94. The maximum absolute atomic E-state index is 12.4. The molecule has 1 saturated heterocycles. The largest absolute Gasteiger partial charge is 0.573 e. The van der Waals surface area contributed by atoms with E-state index < -0.39 is 6.36 Å². The van der Waals surface area contributed by atoms with Crippen LogP contribution in [0.2, 0.25) is 5.02 Å². The van der Waals surface area contributed by atoms with Crippen LogP contribution in [0, 0.1) is 5.92 Å². The van der Waals surface area contributed by atoms with Crippen molar-refractivity contribution in [3.05, 3.63) is 28.8 Å². The molecule has 3 rings (SSSR count). The zero-order chi connectivity index (χ0) is 16.4. The molecule has 1 N–H and O–H groups in total. The number of alkyl halides is 3. The Balaban J connectivity index is 1.82. The van der Waals surface area contributed by atoms with Crippen LogP contribution >= 0.6 is 11.6 Å². The zero-order valence-corrected chi connectivity index (χ0v) is 13.5. The number of benzene rings is 1. The predicted molar refractivity (Wildman–Crippen MR) is 82.7 cm³/mol. The lowest BCUT2D eigenvalue weighted by Gasteiger charge is -2.43. The molecule has 0 aromatic heterocycles. The molecule has 128 valence electrons. The average Bonchev–Trinajstić information content (AvgIpc) is 2.44. The van der Waals surface area contributed by atoms with Crippen molar-refractivity contribution in [1.29, 1.82) is 0 Å². The molecule has 23 heavy (non-hydrogen) atoms. The molecule has 0 bridgehead atoms. The van der Waals surface area contributed by atoms with Gasteiger partial charge < -0.3 is 10.1 Å². The lowest BCUT2D eigenvalue weighted by atomic mass is 9.76. The molecular weight excluding hydrogens is 329 g/mol. The van der Waals surface area contributed by atoms with Crippen LogP contribution in [-0.2, 0) is 0 Å². The summed E-state index contributed by atoms with van der Waals surface area (Å²) in [5.41, 5.74) is 0.983. The van der Waals surface area contributed by atoms with Gasteiger partial charge in [0.15, 0.2) is 0 Å². The van der Waals surface area contributed by atoms with E-state index in [1.165, 1.54) is 12.5 Å². The Morgan fingerprint density at radius 3 is 2.43 bits per heavy atom. The summed E-state index contributed by atoms with van der Waals surface area (Å²) in [5, 5.41) is 3.34. The van der Waals surface area contributed by atoms with Gasteiger partial charge in [-0.25, -0.2) is 0 Å². The fourth-order valence-corrected chi connectivity index (χ4v) is 3.63. The van der Waals surface area contributed by atoms with Gasteiger partial charge in [-0.2, -0.15) is 0 Å². The van der Waals surface area contributed by atoms with Gasteiger partial charge in [-0.15, -0.1) is 13.2 Å². The van der Waals surface area contributed by atoms with Crippen molar-refractivity contribution in [2.75, 3.05) is 26.2 Å². The van der Waals surface area contributed by atoms with Gasteiger partial charge in [-0.05, 0) is 36.5 Å². The molecule has 2 aliphatic rings. The van der Waals surface area contributed by atoms with Gasteiger partial charge in [0.2, 0.25) is 0 Å². The van der Waals surface area contributed by atoms with E-state index in [0.717, 1.165) is 44.6 Å². The van der Waals surface area contributed by atoms with Gasteiger partial charge in [0.05, 0.1) is 5.02 Å². The number of rotatable bonds is 4. The van der Waals surface area contributed by atoms with E-state index in [1.807, 2.05) is 0 Å². The van der Waals surface area contributed by atoms with Crippen LogP contribution in [0.25, 0.3) is 0 Å². The number of hydrogen-bond donors (Lipinski definition) is 1. The summed E-state index contributed by atoms with van der Waals surface area (Å²) >= 11 is 6.03. The van der Waals surface area contributed by atoms with Crippen molar-refractivity contribution in [2.24, 2.45) is 5.92 Å². The summed E-state index contributed by atoms with van der Waals surface area (Å²) in [4.78, 5) is 2.41. The van der Waals surface area contributed by atoms with E-state index in [0.29, 0.717) is 5.92 Å². The highest BCUT2D eigenvalue weighted by Crippen LogP contribution is 2.43. The topological polar surface area (TPSA) is 24.5 Å². The maximum Gasteiger partial charge on any atom is 0.573 e. The molecule has 1 heterocycles. The van der Waals surface area contributed by atoms with E-state index in [4.69, 9.17) is 11.6 Å². The Hall–Kier alpha value is -0.980. The van der Waals surface area contributed by atoms with Gasteiger partial charge in [0.1, 0.15) is 5.75 Å². The first-order chi connectivity index (χ1) is 10.9. The highest BCUT2D eigenvalue weighted by Gasteiger charge is 2.35. The zero-order valence-electron chi connectivity index (χ0n) is 12.7. The Morgan fingerprint density at radius 2 is 1.91 bits per heavy atom. The summed E-state index contributed by atoms with van der Waals surface area (Å²) in [6.45, 7) is 3.76. The predicted octanol–water partition coefficient (Wildman–Crippen LogP) is 3.99. The Bertz CT molecular complexity index is 543. The summed E-state index contributed by atoms with van der Waals surface area (Å²) in [5.74, 6) is 0.217. The van der Waals surface area contributed by atoms with Crippen molar-refractivity contribution >= 4 is 11.6 Å². The van der Waals surface area contributed by atoms with Gasteiger partial charge in [-0.1, -0.05) is 24.1 Å². The van der Waals surface area contributed by atoms with Crippen LogP contribution in [0.15, 0.2) is 18.2 Å². The normalized spacial score (nSPS) is 21.7. The highest BCUT2D eigenvalue weighted by atomic mass is 35.5. The number of nitrogens with zero attached hydrogens (tertiary/aromatic N) is 1. The number of ether oxygens (including phenoxy) is 1. The van der Waals surface area contributed by atoms with Gasteiger partial charge in [0, 0.05) is 32.2 Å². The molecular formula is C16H20ClF3N2O. The van der Waals surface area contributed by atoms with Crippen molar-refractivity contribution < 1.29 is 17.9 Å². The van der Waals surface area contributed by atoms with E-state index in [2.05, 4.69) is 15.0 Å². The molecule has 1 aliphatic carbocycles. The SMILES string of the molecule is FC(F)(F)Oc1ccc([C@@H](C2CCC2)N2CCNCC2)cc1Cl. The van der Waals surface area contributed by atoms with E-state index in [-0.39, 0.29) is 16.8 Å². The van der Waals surface area contributed by atoms with Crippen molar-refractivity contribution in [1.82, 2.24) is 10.2 Å². The fourth-order valence-electron chi connectivity index (χ4n) is 3.41. The molecule has 0 amide bonds. The third-order valence-electron chi connectivity index (χ3n) is 4.66. The second-order valence-electron chi connectivity index (χ2n) is 6.16. The maximum atomic E-state index is 12.4. The average molecular weight is 349 g/mol. The molecule has 2 fully saturated rings. The molecule has 1 aromatic carbocycles.